The standard InChI is InChI=1S/C12H17F2N3O4S/c1-3-16-6-10(15-8(16)2)22(20,21)17-5-4-9(11(18)19)12(13,14)7-17/h6,9H,3-5,7H2,1-2H3,(H,18,19). The molecule has 0 bridgehead atoms. The van der Waals surface area contributed by atoms with Crippen molar-refractivity contribution in [2.75, 3.05) is 13.1 Å². The maximum atomic E-state index is 13.9. The summed E-state index contributed by atoms with van der Waals surface area (Å²) in [7, 11) is -4.17. The first-order valence-electron chi connectivity index (χ1n) is 6.74. The van der Waals surface area contributed by atoms with Gasteiger partial charge in [-0.05, 0) is 20.3 Å². The molecule has 0 aromatic carbocycles. The molecule has 7 nitrogen and oxygen atoms in total. The lowest BCUT2D eigenvalue weighted by Gasteiger charge is -2.35. The number of imidazole rings is 1. The summed E-state index contributed by atoms with van der Waals surface area (Å²) < 4.78 is 54.7. The summed E-state index contributed by atoms with van der Waals surface area (Å²) in [5.74, 6) is -6.63. The Morgan fingerprint density at radius 3 is 2.64 bits per heavy atom. The van der Waals surface area contributed by atoms with Crippen molar-refractivity contribution in [1.82, 2.24) is 13.9 Å². The molecule has 0 saturated carbocycles. The van der Waals surface area contributed by atoms with Gasteiger partial charge in [0.25, 0.3) is 15.9 Å². The molecule has 0 aliphatic carbocycles. The van der Waals surface area contributed by atoms with Crippen molar-refractivity contribution in [3.05, 3.63) is 12.0 Å². The molecular weight excluding hydrogens is 320 g/mol. The third-order valence-corrected chi connectivity index (χ3v) is 5.48. The normalized spacial score (nSPS) is 22.6. The van der Waals surface area contributed by atoms with Gasteiger partial charge in [0.05, 0.1) is 6.54 Å². The smallest absolute Gasteiger partial charge is 0.312 e. The third-order valence-electron chi connectivity index (χ3n) is 3.76. The fraction of sp³-hybridized carbons (Fsp3) is 0.667. The quantitative estimate of drug-likeness (QED) is 0.883. The highest BCUT2D eigenvalue weighted by Crippen LogP contribution is 2.35. The molecule has 124 valence electrons. The summed E-state index contributed by atoms with van der Waals surface area (Å²) >= 11 is 0. The first-order valence-corrected chi connectivity index (χ1v) is 8.18. The lowest BCUT2D eigenvalue weighted by atomic mass is 9.94. The number of carboxylic acid groups (broad SMARTS) is 1. The van der Waals surface area contributed by atoms with E-state index >= 15 is 0 Å². The highest BCUT2D eigenvalue weighted by molar-refractivity contribution is 7.89. The van der Waals surface area contributed by atoms with Gasteiger partial charge < -0.3 is 9.67 Å². The van der Waals surface area contributed by atoms with Crippen molar-refractivity contribution in [2.24, 2.45) is 5.92 Å². The molecule has 22 heavy (non-hydrogen) atoms. The van der Waals surface area contributed by atoms with Crippen LogP contribution in [0.15, 0.2) is 11.2 Å². The van der Waals surface area contributed by atoms with E-state index in [0.717, 1.165) is 0 Å². The van der Waals surface area contributed by atoms with Crippen LogP contribution in [-0.4, -0.2) is 52.4 Å². The second-order valence-corrected chi connectivity index (χ2v) is 7.08. The zero-order valence-corrected chi connectivity index (χ0v) is 13.0. The van der Waals surface area contributed by atoms with Crippen LogP contribution < -0.4 is 0 Å². The number of nitrogens with zero attached hydrogens (tertiary/aromatic N) is 3. The minimum Gasteiger partial charge on any atom is -0.481 e. The van der Waals surface area contributed by atoms with Gasteiger partial charge in [0.15, 0.2) is 5.03 Å². The first-order chi connectivity index (χ1) is 10.1. The van der Waals surface area contributed by atoms with Crippen LogP contribution in [0, 0.1) is 12.8 Å². The van der Waals surface area contributed by atoms with Crippen LogP contribution >= 0.6 is 0 Å². The van der Waals surface area contributed by atoms with Crippen LogP contribution in [-0.2, 0) is 21.4 Å². The molecule has 1 aliphatic rings. The van der Waals surface area contributed by atoms with Gasteiger partial charge in [-0.2, -0.15) is 4.31 Å². The third kappa shape index (κ3) is 2.84. The van der Waals surface area contributed by atoms with E-state index in [4.69, 9.17) is 5.11 Å². The maximum absolute atomic E-state index is 13.9. The van der Waals surface area contributed by atoms with E-state index in [1.807, 2.05) is 0 Å². The fourth-order valence-corrected chi connectivity index (χ4v) is 3.93. The number of hydrogen-bond donors (Lipinski definition) is 1. The summed E-state index contributed by atoms with van der Waals surface area (Å²) in [6.45, 7) is 2.51. The second kappa shape index (κ2) is 5.58. The number of aryl methyl sites for hydroxylation is 2. The predicted octanol–water partition coefficient (Wildman–Crippen LogP) is 0.942. The van der Waals surface area contributed by atoms with Gasteiger partial charge in [0, 0.05) is 19.3 Å². The average Bonchev–Trinajstić information content (AvgIpc) is 2.78. The molecule has 1 saturated heterocycles. The van der Waals surface area contributed by atoms with Crippen molar-refractivity contribution < 1.29 is 27.1 Å². The van der Waals surface area contributed by atoms with E-state index in [1.165, 1.54) is 6.20 Å². The van der Waals surface area contributed by atoms with Crippen LogP contribution in [0.4, 0.5) is 8.78 Å². The largest absolute Gasteiger partial charge is 0.481 e. The van der Waals surface area contributed by atoms with E-state index < -0.39 is 40.8 Å². The van der Waals surface area contributed by atoms with Crippen LogP contribution in [0.2, 0.25) is 0 Å². The van der Waals surface area contributed by atoms with Gasteiger partial charge in [0.2, 0.25) is 0 Å². The Bertz CT molecular complexity index is 687. The Kier molecular flexibility index (Phi) is 4.26. The molecule has 0 spiro atoms. The van der Waals surface area contributed by atoms with E-state index in [-0.39, 0.29) is 11.6 Å². The molecule has 1 unspecified atom stereocenters. The molecule has 2 rings (SSSR count). The molecule has 0 amide bonds. The van der Waals surface area contributed by atoms with Gasteiger partial charge in [-0.25, -0.2) is 22.2 Å². The van der Waals surface area contributed by atoms with Crippen LogP contribution in [0.3, 0.4) is 0 Å². The van der Waals surface area contributed by atoms with Gasteiger partial charge in [-0.3, -0.25) is 4.79 Å². The minimum atomic E-state index is -4.17. The van der Waals surface area contributed by atoms with Crippen LogP contribution in [0.25, 0.3) is 0 Å². The van der Waals surface area contributed by atoms with Crippen LogP contribution in [0.1, 0.15) is 19.2 Å². The summed E-state index contributed by atoms with van der Waals surface area (Å²) in [5, 5.41) is 8.49. The first kappa shape index (κ1) is 16.8. The number of sulfonamides is 1. The van der Waals surface area contributed by atoms with Crippen molar-refractivity contribution in [3.8, 4) is 0 Å². The Morgan fingerprint density at radius 2 is 2.18 bits per heavy atom. The topological polar surface area (TPSA) is 92.5 Å². The molecule has 2 heterocycles. The number of hydrogen-bond acceptors (Lipinski definition) is 4. The molecule has 1 N–H and O–H groups in total. The van der Waals surface area contributed by atoms with Crippen molar-refractivity contribution in [2.45, 2.75) is 37.8 Å². The highest BCUT2D eigenvalue weighted by atomic mass is 32.2. The second-order valence-electron chi connectivity index (χ2n) is 5.19. The van der Waals surface area contributed by atoms with Gasteiger partial charge in [-0.15, -0.1) is 0 Å². The number of carboxylic acids is 1. The Hall–Kier alpha value is -1.55. The number of piperidine rings is 1. The number of alkyl halides is 2. The lowest BCUT2D eigenvalue weighted by molar-refractivity contribution is -0.163. The maximum Gasteiger partial charge on any atom is 0.312 e. The molecule has 10 heteroatoms. The van der Waals surface area contributed by atoms with Crippen molar-refractivity contribution in [3.63, 3.8) is 0 Å². The summed E-state index contributed by atoms with van der Waals surface area (Å²) in [4.78, 5) is 14.7. The molecular formula is C12H17F2N3O4S. The van der Waals surface area contributed by atoms with E-state index in [9.17, 15) is 22.0 Å². The molecule has 1 atom stereocenters. The monoisotopic (exact) mass is 337 g/mol. The van der Waals surface area contributed by atoms with Gasteiger partial charge in [-0.1, -0.05) is 0 Å². The molecule has 1 aliphatic heterocycles. The number of rotatable bonds is 4. The molecule has 1 fully saturated rings. The number of carbonyl (C=O) groups is 1. The minimum absolute atomic E-state index is 0.271. The SMILES string of the molecule is CCn1cc(S(=O)(=O)N2CCC(C(=O)O)C(F)(F)C2)nc1C. The van der Waals surface area contributed by atoms with Crippen molar-refractivity contribution in [1.29, 1.82) is 0 Å². The summed E-state index contributed by atoms with van der Waals surface area (Å²) in [6.07, 6.45) is 0.862. The predicted molar refractivity (Wildman–Crippen MR) is 72.1 cm³/mol. The fourth-order valence-electron chi connectivity index (χ4n) is 2.47. The van der Waals surface area contributed by atoms with E-state index in [0.29, 0.717) is 16.7 Å². The zero-order valence-electron chi connectivity index (χ0n) is 12.2. The molecule has 0 radical (unpaired) electrons. The number of aliphatic carboxylic acids is 1. The summed E-state index contributed by atoms with van der Waals surface area (Å²) in [6, 6.07) is 0. The average molecular weight is 337 g/mol. The molecule has 1 aromatic heterocycles. The van der Waals surface area contributed by atoms with Crippen molar-refractivity contribution >= 4 is 16.0 Å². The van der Waals surface area contributed by atoms with E-state index in [1.54, 1.807) is 18.4 Å². The number of halogens is 2. The zero-order chi connectivity index (χ0) is 16.7. The lowest BCUT2D eigenvalue weighted by Crippen LogP contribution is -2.52. The summed E-state index contributed by atoms with van der Waals surface area (Å²) in [5.41, 5.74) is 0. The Balaban J connectivity index is 2.29. The molecule has 1 aromatic rings. The van der Waals surface area contributed by atoms with Gasteiger partial charge >= 0.3 is 5.97 Å². The highest BCUT2D eigenvalue weighted by Gasteiger charge is 2.51. The number of aromatic nitrogens is 2. The van der Waals surface area contributed by atoms with E-state index in [2.05, 4.69) is 4.98 Å². The van der Waals surface area contributed by atoms with Gasteiger partial charge in [0.1, 0.15) is 11.7 Å². The Labute approximate surface area is 126 Å². The Morgan fingerprint density at radius 1 is 1.55 bits per heavy atom. The van der Waals surface area contributed by atoms with Crippen LogP contribution in [0.5, 0.6) is 0 Å².